The summed E-state index contributed by atoms with van der Waals surface area (Å²) >= 11 is 0. The van der Waals surface area contributed by atoms with E-state index < -0.39 is 96.8 Å². The van der Waals surface area contributed by atoms with Gasteiger partial charge in [0.25, 0.3) is 0 Å². The minimum atomic E-state index is -1.72. The third-order valence-electron chi connectivity index (χ3n) is 7.49. The number of H-pyrrole nitrogens is 1. The van der Waals surface area contributed by atoms with Gasteiger partial charge in [0.05, 0.1) is 31.5 Å². The number of primary amides is 1. The molecule has 2 aromatic rings. The van der Waals surface area contributed by atoms with Crippen molar-refractivity contribution in [1.29, 1.82) is 0 Å². The van der Waals surface area contributed by atoms with Gasteiger partial charge in [0.2, 0.25) is 35.4 Å². The number of aliphatic hydroxyl groups is 2. The number of carbonyl (C=O) groups excluding carboxylic acids is 6. The van der Waals surface area contributed by atoms with Crippen LogP contribution in [0.5, 0.6) is 0 Å². The number of nitrogens with two attached hydrogens (primary N) is 2. The van der Waals surface area contributed by atoms with Gasteiger partial charge >= 0.3 is 5.97 Å². The molecule has 280 valence electrons. The Labute approximate surface area is 293 Å². The van der Waals surface area contributed by atoms with Gasteiger partial charge in [-0.3, -0.25) is 28.8 Å². The van der Waals surface area contributed by atoms with E-state index in [2.05, 4.69) is 36.6 Å². The van der Waals surface area contributed by atoms with Crippen molar-refractivity contribution in [2.45, 2.75) is 88.8 Å². The standard InChI is InChI=1S/C32H47N9O10/c1-16(2)9-21(37-27(45)20(33)12-25(34)44)28(46)38-22(11-19-13-35-15-36-19)29(47)41-26(17(3)43)31(49)40-24(14-42)30(48)39-23(32(50)51)10-18-7-5-4-6-8-18/h4-8,13,15-17,20-24,26,42-43H,9-12,14,33H2,1-3H3,(H2,34,44)(H,35,36)(H,37,45)(H,38,46)(H,39,48)(H,40,49)(H,41,47)(H,50,51)/t17-,20+,21+,22+,23+,24+,26+/m1/s1. The highest BCUT2D eigenvalue weighted by molar-refractivity contribution is 5.97. The van der Waals surface area contributed by atoms with Crippen molar-refractivity contribution in [2.24, 2.45) is 17.4 Å². The summed E-state index contributed by atoms with van der Waals surface area (Å²) in [5.41, 5.74) is 11.8. The fourth-order valence-corrected chi connectivity index (χ4v) is 4.83. The molecule has 51 heavy (non-hydrogen) atoms. The number of aliphatic carboxylic acids is 1. The Balaban J connectivity index is 2.22. The Kier molecular flexibility index (Phi) is 16.6. The van der Waals surface area contributed by atoms with Gasteiger partial charge in [0.1, 0.15) is 30.2 Å². The lowest BCUT2D eigenvalue weighted by molar-refractivity contribution is -0.142. The van der Waals surface area contributed by atoms with Crippen LogP contribution in [-0.2, 0) is 46.4 Å². The van der Waals surface area contributed by atoms with Crippen LogP contribution in [0.15, 0.2) is 42.9 Å². The third kappa shape index (κ3) is 14.2. The van der Waals surface area contributed by atoms with Gasteiger partial charge in [0, 0.05) is 24.7 Å². The zero-order chi connectivity index (χ0) is 38.2. The molecular weight excluding hydrogens is 670 g/mol. The predicted molar refractivity (Wildman–Crippen MR) is 180 cm³/mol. The summed E-state index contributed by atoms with van der Waals surface area (Å²) in [5, 5.41) is 41.8. The maximum Gasteiger partial charge on any atom is 0.326 e. The van der Waals surface area contributed by atoms with Crippen molar-refractivity contribution >= 4 is 41.4 Å². The predicted octanol–water partition coefficient (Wildman–Crippen LogP) is -3.67. The minimum Gasteiger partial charge on any atom is -0.480 e. The molecule has 0 saturated carbocycles. The molecule has 13 N–H and O–H groups in total. The van der Waals surface area contributed by atoms with Crippen LogP contribution in [0, 0.1) is 5.92 Å². The Bertz CT molecular complexity index is 1490. The van der Waals surface area contributed by atoms with E-state index >= 15 is 0 Å². The van der Waals surface area contributed by atoms with E-state index in [1.54, 1.807) is 44.2 Å². The number of nitrogens with one attached hydrogen (secondary N) is 6. The topological polar surface area (TPSA) is 321 Å². The van der Waals surface area contributed by atoms with E-state index in [1.165, 1.54) is 19.4 Å². The molecule has 0 aliphatic rings. The maximum absolute atomic E-state index is 13.6. The summed E-state index contributed by atoms with van der Waals surface area (Å²) < 4.78 is 0. The van der Waals surface area contributed by atoms with Gasteiger partial charge in [-0.2, -0.15) is 0 Å². The zero-order valence-corrected chi connectivity index (χ0v) is 28.5. The normalized spacial score (nSPS) is 15.2. The number of benzene rings is 1. The van der Waals surface area contributed by atoms with Crippen molar-refractivity contribution in [1.82, 2.24) is 36.6 Å². The van der Waals surface area contributed by atoms with Crippen LogP contribution in [0.25, 0.3) is 0 Å². The highest BCUT2D eigenvalue weighted by Crippen LogP contribution is 2.09. The van der Waals surface area contributed by atoms with Crippen molar-refractivity contribution in [3.05, 3.63) is 54.1 Å². The summed E-state index contributed by atoms with van der Waals surface area (Å²) in [4.78, 5) is 95.6. The Morgan fingerprint density at radius 1 is 0.784 bits per heavy atom. The van der Waals surface area contributed by atoms with Crippen LogP contribution in [0.1, 0.15) is 44.9 Å². The molecule has 0 radical (unpaired) electrons. The highest BCUT2D eigenvalue weighted by Gasteiger charge is 2.35. The van der Waals surface area contributed by atoms with Gasteiger partial charge in [0.15, 0.2) is 0 Å². The first-order valence-corrected chi connectivity index (χ1v) is 16.1. The number of carboxylic acid groups (broad SMARTS) is 1. The van der Waals surface area contributed by atoms with E-state index in [1.807, 2.05) is 0 Å². The summed E-state index contributed by atoms with van der Waals surface area (Å²) in [6.07, 6.45) is 0.507. The number of carboxylic acids is 1. The monoisotopic (exact) mass is 717 g/mol. The molecule has 19 heteroatoms. The van der Waals surface area contributed by atoms with Crippen LogP contribution in [0.3, 0.4) is 0 Å². The molecule has 0 aliphatic carbocycles. The molecule has 0 aliphatic heterocycles. The van der Waals surface area contributed by atoms with Gasteiger partial charge < -0.3 is 58.4 Å². The average molecular weight is 718 g/mol. The second kappa shape index (κ2) is 20.3. The van der Waals surface area contributed by atoms with Crippen LogP contribution in [-0.4, -0.2) is 116 Å². The lowest BCUT2D eigenvalue weighted by atomic mass is 10.0. The molecule has 7 atom stereocenters. The number of aromatic nitrogens is 2. The van der Waals surface area contributed by atoms with E-state index in [0.717, 1.165) is 0 Å². The largest absolute Gasteiger partial charge is 0.480 e. The smallest absolute Gasteiger partial charge is 0.326 e. The molecule has 0 unspecified atom stereocenters. The molecule has 2 rings (SSSR count). The minimum absolute atomic E-state index is 0.0916. The number of amides is 6. The first-order valence-electron chi connectivity index (χ1n) is 16.1. The lowest BCUT2D eigenvalue weighted by Gasteiger charge is -2.28. The van der Waals surface area contributed by atoms with Crippen molar-refractivity contribution < 1.29 is 48.9 Å². The lowest BCUT2D eigenvalue weighted by Crippen LogP contribution is -2.62. The van der Waals surface area contributed by atoms with Crippen molar-refractivity contribution in [2.75, 3.05) is 6.61 Å². The molecule has 0 saturated heterocycles. The van der Waals surface area contributed by atoms with Crippen molar-refractivity contribution in [3.8, 4) is 0 Å². The SMILES string of the molecule is CC(C)C[C@H](NC(=O)[C@@H](N)CC(N)=O)C(=O)N[C@@H](Cc1cnc[nH]1)C(=O)N[C@H](C(=O)N[C@@H](CO)C(=O)N[C@@H](Cc1ccccc1)C(=O)O)[C@@H](C)O. The average Bonchev–Trinajstić information content (AvgIpc) is 3.57. The molecule has 1 heterocycles. The molecular formula is C32H47N9O10. The Hall–Kier alpha value is -5.40. The Morgan fingerprint density at radius 3 is 1.88 bits per heavy atom. The number of hydrogen-bond donors (Lipinski definition) is 11. The second-order valence-corrected chi connectivity index (χ2v) is 12.4. The van der Waals surface area contributed by atoms with E-state index in [9.17, 15) is 48.9 Å². The Morgan fingerprint density at radius 2 is 1.35 bits per heavy atom. The number of imidazole rings is 1. The number of aromatic amines is 1. The van der Waals surface area contributed by atoms with E-state index in [0.29, 0.717) is 11.3 Å². The summed E-state index contributed by atoms with van der Waals surface area (Å²) in [6, 6.07) is -0.319. The summed E-state index contributed by atoms with van der Waals surface area (Å²) in [6.45, 7) is 3.77. The number of rotatable bonds is 21. The van der Waals surface area contributed by atoms with Crippen LogP contribution < -0.4 is 38.1 Å². The number of carbonyl (C=O) groups is 7. The molecule has 19 nitrogen and oxygen atoms in total. The first-order chi connectivity index (χ1) is 24.0. The van der Waals surface area contributed by atoms with Crippen LogP contribution in [0.2, 0.25) is 0 Å². The molecule has 1 aromatic carbocycles. The molecule has 0 fully saturated rings. The third-order valence-corrected chi connectivity index (χ3v) is 7.49. The molecule has 0 spiro atoms. The van der Waals surface area contributed by atoms with Gasteiger partial charge in [-0.1, -0.05) is 44.2 Å². The number of hydrogen-bond acceptors (Lipinski definition) is 11. The number of aliphatic hydroxyl groups excluding tert-OH is 2. The first kappa shape index (κ1) is 41.8. The number of nitrogens with zero attached hydrogens (tertiary/aromatic N) is 1. The maximum atomic E-state index is 13.6. The summed E-state index contributed by atoms with van der Waals surface area (Å²) in [5.74, 6) is -7.05. The molecule has 1 aromatic heterocycles. The quantitative estimate of drug-likeness (QED) is 0.0595. The second-order valence-electron chi connectivity index (χ2n) is 12.4. The zero-order valence-electron chi connectivity index (χ0n) is 28.5. The van der Waals surface area contributed by atoms with E-state index in [-0.39, 0.29) is 25.2 Å². The van der Waals surface area contributed by atoms with Gasteiger partial charge in [-0.15, -0.1) is 0 Å². The van der Waals surface area contributed by atoms with Gasteiger partial charge in [-0.25, -0.2) is 9.78 Å². The van der Waals surface area contributed by atoms with E-state index in [4.69, 9.17) is 11.5 Å². The van der Waals surface area contributed by atoms with Crippen LogP contribution in [0.4, 0.5) is 0 Å². The van der Waals surface area contributed by atoms with Crippen LogP contribution >= 0.6 is 0 Å². The van der Waals surface area contributed by atoms with Gasteiger partial charge in [-0.05, 0) is 24.8 Å². The highest BCUT2D eigenvalue weighted by atomic mass is 16.4. The molecule has 6 amide bonds. The molecule has 0 bridgehead atoms. The fraction of sp³-hybridized carbons (Fsp3) is 0.500. The fourth-order valence-electron chi connectivity index (χ4n) is 4.83. The summed E-state index contributed by atoms with van der Waals surface area (Å²) in [7, 11) is 0. The van der Waals surface area contributed by atoms with Crippen molar-refractivity contribution in [3.63, 3.8) is 0 Å².